The summed E-state index contributed by atoms with van der Waals surface area (Å²) >= 11 is 0. The molecule has 2 heterocycles. The molecule has 1 aromatic rings. The van der Waals surface area contributed by atoms with Gasteiger partial charge < -0.3 is 14.3 Å². The van der Waals surface area contributed by atoms with Gasteiger partial charge in [-0.15, -0.1) is 10.2 Å². The second-order valence-corrected chi connectivity index (χ2v) is 5.18. The Bertz CT molecular complexity index is 436. The summed E-state index contributed by atoms with van der Waals surface area (Å²) in [7, 11) is 1.87. The first-order valence-corrected chi connectivity index (χ1v) is 6.23. The van der Waals surface area contributed by atoms with Crippen LogP contribution in [0.2, 0.25) is 0 Å². The van der Waals surface area contributed by atoms with Crippen LogP contribution in [0.15, 0.2) is 4.42 Å². The van der Waals surface area contributed by atoms with Gasteiger partial charge in [-0.25, -0.2) is 0 Å². The molecule has 0 saturated carbocycles. The zero-order valence-corrected chi connectivity index (χ0v) is 13.9. The number of hydrogen-bond donors (Lipinski definition) is 0. The number of carboxylic acids is 1. The van der Waals surface area contributed by atoms with Gasteiger partial charge in [0.2, 0.25) is 11.8 Å². The molecule has 1 saturated heterocycles. The van der Waals surface area contributed by atoms with E-state index in [-0.39, 0.29) is 41.5 Å². The second-order valence-electron chi connectivity index (χ2n) is 5.18. The first-order valence-electron chi connectivity index (χ1n) is 6.23. The van der Waals surface area contributed by atoms with Gasteiger partial charge in [-0.05, 0) is 19.9 Å². The number of carboxylic acid groups (broad SMARTS) is 1. The number of carbonyl (C=O) groups is 1. The van der Waals surface area contributed by atoms with Crippen LogP contribution >= 0.6 is 0 Å². The van der Waals surface area contributed by atoms with Gasteiger partial charge in [-0.3, -0.25) is 4.90 Å². The SMILES string of the molecule is CC(C)c1nnc(C2CCC(C(=O)[O-])CN2C)o1.[Na+]. The van der Waals surface area contributed by atoms with Crippen molar-refractivity contribution in [3.8, 4) is 0 Å². The fourth-order valence-electron chi connectivity index (χ4n) is 2.26. The minimum absolute atomic E-state index is 0. The van der Waals surface area contributed by atoms with Gasteiger partial charge in [0.1, 0.15) is 0 Å². The van der Waals surface area contributed by atoms with Crippen LogP contribution in [-0.2, 0) is 4.79 Å². The van der Waals surface area contributed by atoms with Crippen molar-refractivity contribution in [1.29, 1.82) is 0 Å². The summed E-state index contributed by atoms with van der Waals surface area (Å²) in [5.41, 5.74) is 0. The smallest absolute Gasteiger partial charge is 0.550 e. The number of rotatable bonds is 3. The van der Waals surface area contributed by atoms with Crippen LogP contribution < -0.4 is 34.7 Å². The Balaban J connectivity index is 0.00000180. The minimum Gasteiger partial charge on any atom is -0.550 e. The third kappa shape index (κ3) is 3.78. The number of piperidine rings is 1. The van der Waals surface area contributed by atoms with E-state index in [0.29, 0.717) is 31.2 Å². The van der Waals surface area contributed by atoms with Crippen molar-refractivity contribution >= 4 is 5.97 Å². The minimum atomic E-state index is -0.978. The van der Waals surface area contributed by atoms with Crippen LogP contribution in [0.4, 0.5) is 0 Å². The molecule has 2 unspecified atom stereocenters. The van der Waals surface area contributed by atoms with E-state index in [0.717, 1.165) is 0 Å². The topological polar surface area (TPSA) is 82.3 Å². The number of hydrogen-bond acceptors (Lipinski definition) is 6. The molecule has 6 nitrogen and oxygen atoms in total. The molecule has 1 fully saturated rings. The van der Waals surface area contributed by atoms with Gasteiger partial charge in [-0.2, -0.15) is 0 Å². The third-order valence-electron chi connectivity index (χ3n) is 3.40. The van der Waals surface area contributed by atoms with E-state index >= 15 is 0 Å². The van der Waals surface area contributed by atoms with Gasteiger partial charge in [0.15, 0.2) is 0 Å². The van der Waals surface area contributed by atoms with E-state index in [1.807, 2.05) is 25.8 Å². The number of aromatic nitrogens is 2. The standard InChI is InChI=1S/C12H19N3O3.Na/c1-7(2)10-13-14-11(18-10)9-5-4-8(12(16)17)6-15(9)3;/h7-9H,4-6H2,1-3H3,(H,16,17);/q;+1/p-1. The summed E-state index contributed by atoms with van der Waals surface area (Å²) in [4.78, 5) is 12.8. The van der Waals surface area contributed by atoms with Crippen LogP contribution in [0.3, 0.4) is 0 Å². The monoisotopic (exact) mass is 275 g/mol. The summed E-state index contributed by atoms with van der Waals surface area (Å²) in [6.07, 6.45) is 1.30. The van der Waals surface area contributed by atoms with E-state index < -0.39 is 11.9 Å². The molecule has 1 aliphatic rings. The third-order valence-corrected chi connectivity index (χ3v) is 3.40. The van der Waals surface area contributed by atoms with Crippen molar-refractivity contribution in [2.45, 2.75) is 38.6 Å². The first-order chi connectivity index (χ1) is 8.49. The molecule has 19 heavy (non-hydrogen) atoms. The van der Waals surface area contributed by atoms with Crippen molar-refractivity contribution in [1.82, 2.24) is 15.1 Å². The summed E-state index contributed by atoms with van der Waals surface area (Å²) < 4.78 is 5.62. The molecule has 0 N–H and O–H groups in total. The predicted molar refractivity (Wildman–Crippen MR) is 61.5 cm³/mol. The Hall–Kier alpha value is -0.430. The maximum Gasteiger partial charge on any atom is 1.00 e. The molecule has 1 aliphatic heterocycles. The van der Waals surface area contributed by atoms with Crippen molar-refractivity contribution in [2.24, 2.45) is 5.92 Å². The van der Waals surface area contributed by atoms with Crippen LogP contribution in [0, 0.1) is 5.92 Å². The van der Waals surface area contributed by atoms with Crippen LogP contribution in [-0.4, -0.2) is 34.7 Å². The molecule has 1 aromatic heterocycles. The van der Waals surface area contributed by atoms with E-state index in [1.54, 1.807) is 0 Å². The normalized spacial score (nSPS) is 24.2. The maximum absolute atomic E-state index is 10.8. The molecule has 0 radical (unpaired) electrons. The van der Waals surface area contributed by atoms with Gasteiger partial charge in [0, 0.05) is 24.3 Å². The Labute approximate surface area is 134 Å². The summed E-state index contributed by atoms with van der Waals surface area (Å²) in [6, 6.07) is 0.0144. The summed E-state index contributed by atoms with van der Waals surface area (Å²) in [5.74, 6) is 0.0296. The Morgan fingerprint density at radius 3 is 2.58 bits per heavy atom. The Morgan fingerprint density at radius 1 is 1.42 bits per heavy atom. The van der Waals surface area contributed by atoms with E-state index in [4.69, 9.17) is 4.42 Å². The summed E-state index contributed by atoms with van der Waals surface area (Å²) in [6.45, 7) is 4.45. The molecule has 0 aromatic carbocycles. The van der Waals surface area contributed by atoms with Crippen molar-refractivity contribution in [3.05, 3.63) is 11.8 Å². The molecule has 7 heteroatoms. The number of aliphatic carboxylic acids is 1. The van der Waals surface area contributed by atoms with E-state index in [2.05, 4.69) is 10.2 Å². The first kappa shape index (κ1) is 16.6. The van der Waals surface area contributed by atoms with E-state index in [9.17, 15) is 9.90 Å². The molecule has 0 spiro atoms. The maximum atomic E-state index is 10.8. The number of likely N-dealkylation sites (tertiary alicyclic amines) is 1. The van der Waals surface area contributed by atoms with Gasteiger partial charge >= 0.3 is 29.6 Å². The largest absolute Gasteiger partial charge is 1.00 e. The average molecular weight is 275 g/mol. The zero-order chi connectivity index (χ0) is 13.3. The fraction of sp³-hybridized carbons (Fsp3) is 0.750. The molecular formula is C12H18N3NaO3. The average Bonchev–Trinajstić information content (AvgIpc) is 2.78. The predicted octanol–water partition coefficient (Wildman–Crippen LogP) is -2.67. The van der Waals surface area contributed by atoms with Crippen LogP contribution in [0.1, 0.15) is 50.4 Å². The van der Waals surface area contributed by atoms with Gasteiger partial charge in [0.25, 0.3) is 0 Å². The Morgan fingerprint density at radius 2 is 2.11 bits per heavy atom. The summed E-state index contributed by atoms with van der Waals surface area (Å²) in [5, 5.41) is 18.9. The molecule has 2 rings (SSSR count). The van der Waals surface area contributed by atoms with E-state index in [1.165, 1.54) is 0 Å². The molecule has 0 aliphatic carbocycles. The number of nitrogens with zero attached hydrogens (tertiary/aromatic N) is 3. The van der Waals surface area contributed by atoms with Gasteiger partial charge in [0.05, 0.1) is 6.04 Å². The van der Waals surface area contributed by atoms with Gasteiger partial charge in [-0.1, -0.05) is 13.8 Å². The molecule has 0 bridgehead atoms. The fourth-order valence-corrected chi connectivity index (χ4v) is 2.26. The van der Waals surface area contributed by atoms with Crippen molar-refractivity contribution < 1.29 is 43.9 Å². The number of carbonyl (C=O) groups excluding carboxylic acids is 1. The molecular weight excluding hydrogens is 257 g/mol. The Kier molecular flexibility index (Phi) is 5.98. The van der Waals surface area contributed by atoms with Crippen molar-refractivity contribution in [3.63, 3.8) is 0 Å². The molecule has 100 valence electrons. The second kappa shape index (κ2) is 6.83. The molecule has 0 amide bonds. The molecule has 2 atom stereocenters. The van der Waals surface area contributed by atoms with Crippen LogP contribution in [0.25, 0.3) is 0 Å². The van der Waals surface area contributed by atoms with Crippen molar-refractivity contribution in [2.75, 3.05) is 13.6 Å². The van der Waals surface area contributed by atoms with Crippen LogP contribution in [0.5, 0.6) is 0 Å². The quantitative estimate of drug-likeness (QED) is 0.560. The zero-order valence-electron chi connectivity index (χ0n) is 11.9.